The first-order valence-electron chi connectivity index (χ1n) is 3.31. The second kappa shape index (κ2) is 3.14. The number of nitrogens with zero attached hydrogens (tertiary/aromatic N) is 1. The van der Waals surface area contributed by atoms with E-state index in [-0.39, 0.29) is 6.42 Å². The van der Waals surface area contributed by atoms with Crippen LogP contribution in [0.4, 0.5) is 0 Å². The molecule has 0 aliphatic carbocycles. The van der Waals surface area contributed by atoms with Gasteiger partial charge in [0.25, 0.3) is 0 Å². The minimum atomic E-state index is -0.822. The molecule has 0 fully saturated rings. The number of carboxylic acids is 1. The lowest BCUT2D eigenvalue weighted by atomic mass is 10.2. The van der Waals surface area contributed by atoms with Crippen molar-refractivity contribution in [2.75, 3.05) is 0 Å². The Hall–Kier alpha value is -1.38. The Labute approximate surface area is 64.7 Å². The molecule has 0 amide bonds. The Kier molecular flexibility index (Phi) is 2.21. The fourth-order valence-electron chi connectivity index (χ4n) is 0.889. The van der Waals surface area contributed by atoms with Crippen molar-refractivity contribution in [3.63, 3.8) is 0 Å². The molecule has 0 aliphatic rings. The second-order valence-corrected chi connectivity index (χ2v) is 2.44. The van der Waals surface area contributed by atoms with Gasteiger partial charge in [0.15, 0.2) is 0 Å². The van der Waals surface area contributed by atoms with Crippen LogP contribution in [-0.4, -0.2) is 16.1 Å². The molecule has 1 N–H and O–H groups in total. The van der Waals surface area contributed by atoms with Gasteiger partial charge in [0.05, 0.1) is 6.42 Å². The fourth-order valence-corrected chi connectivity index (χ4v) is 0.889. The summed E-state index contributed by atoms with van der Waals surface area (Å²) in [5.41, 5.74) is 1.74. The van der Waals surface area contributed by atoms with Crippen LogP contribution in [0.1, 0.15) is 11.1 Å². The van der Waals surface area contributed by atoms with E-state index in [4.69, 9.17) is 5.11 Å². The van der Waals surface area contributed by atoms with E-state index in [0.29, 0.717) is 0 Å². The van der Waals surface area contributed by atoms with Crippen molar-refractivity contribution in [1.29, 1.82) is 0 Å². The molecule has 0 saturated heterocycles. The SMILES string of the molecule is Cc1cncc(CC(=O)O)c1. The summed E-state index contributed by atoms with van der Waals surface area (Å²) in [4.78, 5) is 14.1. The summed E-state index contributed by atoms with van der Waals surface area (Å²) in [6, 6.07) is 1.82. The summed E-state index contributed by atoms with van der Waals surface area (Å²) in [6.07, 6.45) is 3.32. The zero-order valence-corrected chi connectivity index (χ0v) is 6.24. The highest BCUT2D eigenvalue weighted by Gasteiger charge is 1.99. The summed E-state index contributed by atoms with van der Waals surface area (Å²) >= 11 is 0. The van der Waals surface area contributed by atoms with Crippen molar-refractivity contribution in [3.05, 3.63) is 29.6 Å². The minimum absolute atomic E-state index is 0.0503. The summed E-state index contributed by atoms with van der Waals surface area (Å²) in [5.74, 6) is -0.822. The van der Waals surface area contributed by atoms with Crippen LogP contribution in [-0.2, 0) is 11.2 Å². The van der Waals surface area contributed by atoms with Gasteiger partial charge in [-0.2, -0.15) is 0 Å². The number of carboxylic acid groups (broad SMARTS) is 1. The third kappa shape index (κ3) is 2.37. The summed E-state index contributed by atoms with van der Waals surface area (Å²) in [7, 11) is 0. The maximum absolute atomic E-state index is 10.3. The molecule has 0 atom stereocenters. The highest BCUT2D eigenvalue weighted by atomic mass is 16.4. The molecule has 0 unspecified atom stereocenters. The largest absolute Gasteiger partial charge is 0.481 e. The van der Waals surface area contributed by atoms with E-state index in [9.17, 15) is 4.79 Å². The normalized spacial score (nSPS) is 9.55. The molecule has 1 aromatic rings. The lowest BCUT2D eigenvalue weighted by molar-refractivity contribution is -0.136. The molecule has 0 saturated carbocycles. The molecular weight excluding hydrogens is 142 g/mol. The van der Waals surface area contributed by atoms with Gasteiger partial charge in [-0.25, -0.2) is 0 Å². The Balaban J connectivity index is 2.79. The Morgan fingerprint density at radius 3 is 2.91 bits per heavy atom. The van der Waals surface area contributed by atoms with Gasteiger partial charge >= 0.3 is 5.97 Å². The predicted octanol–water partition coefficient (Wildman–Crippen LogP) is 1.02. The van der Waals surface area contributed by atoms with E-state index >= 15 is 0 Å². The number of pyridine rings is 1. The average Bonchev–Trinajstić information content (AvgIpc) is 1.85. The number of carbonyl (C=O) groups is 1. The lowest BCUT2D eigenvalue weighted by Crippen LogP contribution is -2.00. The third-order valence-corrected chi connectivity index (χ3v) is 1.29. The molecule has 0 spiro atoms. The van der Waals surface area contributed by atoms with Gasteiger partial charge in [0, 0.05) is 12.4 Å². The van der Waals surface area contributed by atoms with Gasteiger partial charge in [-0.1, -0.05) is 6.07 Å². The monoisotopic (exact) mass is 151 g/mol. The average molecular weight is 151 g/mol. The highest BCUT2D eigenvalue weighted by Crippen LogP contribution is 2.01. The van der Waals surface area contributed by atoms with E-state index < -0.39 is 5.97 Å². The summed E-state index contributed by atoms with van der Waals surface area (Å²) in [5, 5.41) is 8.43. The maximum atomic E-state index is 10.3. The zero-order chi connectivity index (χ0) is 8.27. The number of hydrogen-bond acceptors (Lipinski definition) is 2. The van der Waals surface area contributed by atoms with Gasteiger partial charge in [-0.15, -0.1) is 0 Å². The number of hydrogen-bond donors (Lipinski definition) is 1. The van der Waals surface area contributed by atoms with Crippen LogP contribution in [0.2, 0.25) is 0 Å². The molecule has 1 heterocycles. The van der Waals surface area contributed by atoms with Crippen LogP contribution in [0, 0.1) is 6.92 Å². The van der Waals surface area contributed by atoms with Crippen molar-refractivity contribution in [3.8, 4) is 0 Å². The highest BCUT2D eigenvalue weighted by molar-refractivity contribution is 5.70. The van der Waals surface area contributed by atoms with Gasteiger partial charge in [0.2, 0.25) is 0 Å². The van der Waals surface area contributed by atoms with E-state index in [0.717, 1.165) is 11.1 Å². The molecule has 1 rings (SSSR count). The first kappa shape index (κ1) is 7.72. The van der Waals surface area contributed by atoms with Crippen molar-refractivity contribution in [2.24, 2.45) is 0 Å². The maximum Gasteiger partial charge on any atom is 0.307 e. The molecule has 0 aromatic carbocycles. The van der Waals surface area contributed by atoms with E-state index in [1.807, 2.05) is 13.0 Å². The topological polar surface area (TPSA) is 50.2 Å². The number of aromatic nitrogens is 1. The Morgan fingerprint density at radius 2 is 2.36 bits per heavy atom. The third-order valence-electron chi connectivity index (χ3n) is 1.29. The predicted molar refractivity (Wildman–Crippen MR) is 40.3 cm³/mol. The van der Waals surface area contributed by atoms with Gasteiger partial charge < -0.3 is 5.11 Å². The zero-order valence-electron chi connectivity index (χ0n) is 6.24. The summed E-state index contributed by atoms with van der Waals surface area (Å²) in [6.45, 7) is 1.89. The molecule has 11 heavy (non-hydrogen) atoms. The number of aliphatic carboxylic acids is 1. The van der Waals surface area contributed by atoms with E-state index in [1.54, 1.807) is 12.4 Å². The van der Waals surface area contributed by atoms with Crippen LogP contribution >= 0.6 is 0 Å². The van der Waals surface area contributed by atoms with Crippen molar-refractivity contribution in [1.82, 2.24) is 4.98 Å². The van der Waals surface area contributed by atoms with Crippen LogP contribution in [0.25, 0.3) is 0 Å². The Morgan fingerprint density at radius 1 is 1.64 bits per heavy atom. The molecule has 0 radical (unpaired) electrons. The lowest BCUT2D eigenvalue weighted by Gasteiger charge is -1.96. The van der Waals surface area contributed by atoms with Crippen molar-refractivity contribution < 1.29 is 9.90 Å². The molecule has 58 valence electrons. The second-order valence-electron chi connectivity index (χ2n) is 2.44. The van der Waals surface area contributed by atoms with Gasteiger partial charge in [-0.3, -0.25) is 9.78 Å². The first-order chi connectivity index (χ1) is 5.18. The van der Waals surface area contributed by atoms with Gasteiger partial charge in [-0.05, 0) is 18.1 Å². The van der Waals surface area contributed by atoms with Crippen molar-refractivity contribution in [2.45, 2.75) is 13.3 Å². The van der Waals surface area contributed by atoms with E-state index in [1.165, 1.54) is 0 Å². The van der Waals surface area contributed by atoms with E-state index in [2.05, 4.69) is 4.98 Å². The van der Waals surface area contributed by atoms with Crippen LogP contribution in [0.3, 0.4) is 0 Å². The standard InChI is InChI=1S/C8H9NO2/c1-6-2-7(3-8(10)11)5-9-4-6/h2,4-5H,3H2,1H3,(H,10,11). The number of rotatable bonds is 2. The van der Waals surface area contributed by atoms with Crippen LogP contribution in [0.5, 0.6) is 0 Å². The Bertz CT molecular complexity index is 271. The molecule has 0 aliphatic heterocycles. The molecule has 3 nitrogen and oxygen atoms in total. The first-order valence-corrected chi connectivity index (χ1v) is 3.31. The smallest absolute Gasteiger partial charge is 0.307 e. The molecule has 3 heteroatoms. The fraction of sp³-hybridized carbons (Fsp3) is 0.250. The van der Waals surface area contributed by atoms with Crippen molar-refractivity contribution >= 4 is 5.97 Å². The molecular formula is C8H9NO2. The summed E-state index contributed by atoms with van der Waals surface area (Å²) < 4.78 is 0. The molecule has 1 aromatic heterocycles. The minimum Gasteiger partial charge on any atom is -0.481 e. The van der Waals surface area contributed by atoms with Gasteiger partial charge in [0.1, 0.15) is 0 Å². The quantitative estimate of drug-likeness (QED) is 0.686. The number of aryl methyl sites for hydroxylation is 1. The molecule has 0 bridgehead atoms. The van der Waals surface area contributed by atoms with Crippen LogP contribution in [0.15, 0.2) is 18.5 Å². The van der Waals surface area contributed by atoms with Crippen LogP contribution < -0.4 is 0 Å².